The molecule has 0 aliphatic carbocycles. The van der Waals surface area contributed by atoms with Crippen molar-refractivity contribution in [3.05, 3.63) is 82.1 Å². The number of nitrogens with one attached hydrogen (secondary N) is 2. The van der Waals surface area contributed by atoms with Crippen molar-refractivity contribution in [3.63, 3.8) is 0 Å². The lowest BCUT2D eigenvalue weighted by Crippen LogP contribution is -2.34. The molecule has 0 saturated carbocycles. The fourth-order valence-electron chi connectivity index (χ4n) is 2.81. The van der Waals surface area contributed by atoms with Crippen LogP contribution in [0.1, 0.15) is 10.4 Å². The first-order chi connectivity index (χ1) is 14.4. The fourth-order valence-corrected chi connectivity index (χ4v) is 4.53. The lowest BCUT2D eigenvalue weighted by molar-refractivity contribution is 0.0977. The molecule has 30 heavy (non-hydrogen) atoms. The van der Waals surface area contributed by atoms with Crippen LogP contribution in [-0.2, 0) is 0 Å². The highest BCUT2D eigenvalue weighted by Gasteiger charge is 2.17. The molecule has 4 rings (SSSR count). The number of anilines is 1. The monoisotopic (exact) mass is 475 g/mol. The predicted octanol–water partition coefficient (Wildman–Crippen LogP) is 6.54. The number of fused-ring (bicyclic) bond motifs is 1. The Labute approximate surface area is 190 Å². The Bertz CT molecular complexity index is 1260. The Morgan fingerprint density at radius 3 is 2.63 bits per heavy atom. The van der Waals surface area contributed by atoms with Crippen LogP contribution in [0.15, 0.2) is 60.7 Å². The molecule has 0 aliphatic heterocycles. The minimum absolute atomic E-state index is 0.0100. The van der Waals surface area contributed by atoms with Gasteiger partial charge in [0.05, 0.1) is 20.9 Å². The third kappa shape index (κ3) is 4.44. The van der Waals surface area contributed by atoms with E-state index in [1.807, 2.05) is 24.3 Å². The molecule has 1 amide bonds. The number of carbonyl (C=O) groups is 1. The van der Waals surface area contributed by atoms with Gasteiger partial charge >= 0.3 is 0 Å². The molecule has 1 aromatic heterocycles. The van der Waals surface area contributed by atoms with Gasteiger partial charge in [0.25, 0.3) is 5.91 Å². The highest BCUT2D eigenvalue weighted by molar-refractivity contribution is 7.80. The maximum atomic E-state index is 13.4. The van der Waals surface area contributed by atoms with Crippen molar-refractivity contribution >= 4 is 73.7 Å². The van der Waals surface area contributed by atoms with Crippen LogP contribution in [0.5, 0.6) is 0 Å². The summed E-state index contributed by atoms with van der Waals surface area (Å²) in [6.07, 6.45) is 0. The number of nitrogens with zero attached hydrogens (tertiary/aromatic N) is 1. The molecule has 0 saturated heterocycles. The van der Waals surface area contributed by atoms with E-state index in [-0.39, 0.29) is 10.7 Å². The summed E-state index contributed by atoms with van der Waals surface area (Å²) in [4.78, 5) is 17.0. The van der Waals surface area contributed by atoms with Gasteiger partial charge in [-0.2, -0.15) is 0 Å². The zero-order chi connectivity index (χ0) is 21.3. The summed E-state index contributed by atoms with van der Waals surface area (Å²) in [5.41, 5.74) is 2.11. The zero-order valence-corrected chi connectivity index (χ0v) is 18.2. The van der Waals surface area contributed by atoms with Gasteiger partial charge in [-0.15, -0.1) is 11.3 Å². The van der Waals surface area contributed by atoms with Gasteiger partial charge in [-0.1, -0.05) is 41.4 Å². The number of hydrogen-bond donors (Lipinski definition) is 2. The number of para-hydroxylation sites is 1. The van der Waals surface area contributed by atoms with Crippen LogP contribution in [0.2, 0.25) is 10.0 Å². The average Bonchev–Trinajstić information content (AvgIpc) is 3.14. The van der Waals surface area contributed by atoms with Crippen LogP contribution in [0.3, 0.4) is 0 Å². The van der Waals surface area contributed by atoms with Crippen molar-refractivity contribution in [1.29, 1.82) is 0 Å². The minimum atomic E-state index is -0.543. The molecular weight excluding hydrogens is 464 g/mol. The van der Waals surface area contributed by atoms with Gasteiger partial charge in [-0.25, -0.2) is 9.37 Å². The number of thiazole rings is 1. The van der Waals surface area contributed by atoms with Crippen LogP contribution in [0.4, 0.5) is 10.1 Å². The fraction of sp³-hybridized carbons (Fsp3) is 0. The molecule has 150 valence electrons. The molecule has 1 heterocycles. The van der Waals surface area contributed by atoms with E-state index in [2.05, 4.69) is 15.6 Å². The molecule has 0 atom stereocenters. The van der Waals surface area contributed by atoms with E-state index < -0.39 is 11.7 Å². The van der Waals surface area contributed by atoms with E-state index >= 15 is 0 Å². The Morgan fingerprint density at radius 2 is 1.87 bits per heavy atom. The highest BCUT2D eigenvalue weighted by atomic mass is 35.5. The standard InChI is InChI=1S/C21H12Cl2FN3OS2/c22-12-9-14(20-25-16-6-1-2-7-17(16)30-20)18(15(23)10-12)26-21(29)27-19(28)11-4-3-5-13(24)8-11/h1-10H,(H2,26,27,28,29). The van der Waals surface area contributed by atoms with Gasteiger partial charge < -0.3 is 5.32 Å². The first-order valence-corrected chi connectivity index (χ1v) is 10.6. The van der Waals surface area contributed by atoms with E-state index in [0.29, 0.717) is 26.3 Å². The number of rotatable bonds is 3. The molecule has 0 aliphatic rings. The number of benzene rings is 3. The summed E-state index contributed by atoms with van der Waals surface area (Å²) in [5.74, 6) is -1.06. The first-order valence-electron chi connectivity index (χ1n) is 8.63. The lowest BCUT2D eigenvalue weighted by atomic mass is 10.2. The molecule has 0 fully saturated rings. The van der Waals surface area contributed by atoms with Crippen LogP contribution in [0, 0.1) is 5.82 Å². The lowest BCUT2D eigenvalue weighted by Gasteiger charge is -2.14. The molecule has 0 radical (unpaired) electrons. The van der Waals surface area contributed by atoms with E-state index in [4.69, 9.17) is 35.4 Å². The van der Waals surface area contributed by atoms with Gasteiger partial charge in [0.2, 0.25) is 0 Å². The Hall–Kier alpha value is -2.58. The molecule has 0 spiro atoms. The number of halogens is 3. The van der Waals surface area contributed by atoms with Crippen molar-refractivity contribution in [2.75, 3.05) is 5.32 Å². The van der Waals surface area contributed by atoms with Gasteiger partial charge in [0.15, 0.2) is 5.11 Å². The number of thiocarbonyl (C=S) groups is 1. The smallest absolute Gasteiger partial charge is 0.257 e. The van der Waals surface area contributed by atoms with Crippen LogP contribution in [-0.4, -0.2) is 16.0 Å². The van der Waals surface area contributed by atoms with E-state index in [9.17, 15) is 9.18 Å². The average molecular weight is 476 g/mol. The largest absolute Gasteiger partial charge is 0.331 e. The normalized spacial score (nSPS) is 10.8. The third-order valence-electron chi connectivity index (χ3n) is 4.13. The van der Waals surface area contributed by atoms with Gasteiger partial charge in [0.1, 0.15) is 10.8 Å². The molecule has 0 unspecified atom stereocenters. The van der Waals surface area contributed by atoms with E-state index in [1.54, 1.807) is 12.1 Å². The number of aromatic nitrogens is 1. The maximum absolute atomic E-state index is 13.4. The summed E-state index contributed by atoms with van der Waals surface area (Å²) in [6, 6.07) is 16.3. The number of hydrogen-bond acceptors (Lipinski definition) is 4. The molecule has 4 nitrogen and oxygen atoms in total. The van der Waals surface area contributed by atoms with Crippen molar-refractivity contribution < 1.29 is 9.18 Å². The molecule has 2 N–H and O–H groups in total. The summed E-state index contributed by atoms with van der Waals surface area (Å²) in [6.45, 7) is 0. The second-order valence-electron chi connectivity index (χ2n) is 6.22. The molecule has 4 aromatic rings. The number of amides is 1. The molecule has 3 aromatic carbocycles. The summed E-state index contributed by atoms with van der Waals surface area (Å²) in [7, 11) is 0. The Balaban J connectivity index is 1.64. The Kier molecular flexibility index (Phi) is 5.97. The van der Waals surface area contributed by atoms with E-state index in [0.717, 1.165) is 16.3 Å². The van der Waals surface area contributed by atoms with E-state index in [1.165, 1.54) is 29.5 Å². The molecule has 0 bridgehead atoms. The minimum Gasteiger partial charge on any atom is -0.331 e. The Morgan fingerprint density at radius 1 is 1.07 bits per heavy atom. The second-order valence-corrected chi connectivity index (χ2v) is 8.50. The van der Waals surface area contributed by atoms with Gasteiger partial charge in [-0.05, 0) is 54.7 Å². The quantitative estimate of drug-likeness (QED) is 0.330. The second kappa shape index (κ2) is 8.65. The molecular formula is C21H12Cl2FN3OS2. The van der Waals surface area contributed by atoms with Crippen molar-refractivity contribution in [2.45, 2.75) is 0 Å². The topological polar surface area (TPSA) is 54.0 Å². The molecule has 9 heteroatoms. The van der Waals surface area contributed by atoms with Gasteiger partial charge in [-0.3, -0.25) is 10.1 Å². The summed E-state index contributed by atoms with van der Waals surface area (Å²) < 4.78 is 14.4. The maximum Gasteiger partial charge on any atom is 0.257 e. The van der Waals surface area contributed by atoms with Gasteiger partial charge in [0, 0.05) is 16.1 Å². The first kappa shape index (κ1) is 20.7. The third-order valence-corrected chi connectivity index (χ3v) is 5.92. The predicted molar refractivity (Wildman–Crippen MR) is 125 cm³/mol. The van der Waals surface area contributed by atoms with Crippen molar-refractivity contribution in [3.8, 4) is 10.6 Å². The highest BCUT2D eigenvalue weighted by Crippen LogP contribution is 2.40. The summed E-state index contributed by atoms with van der Waals surface area (Å²) >= 11 is 19.4. The van der Waals surface area contributed by atoms with Crippen LogP contribution >= 0.6 is 46.8 Å². The zero-order valence-electron chi connectivity index (χ0n) is 15.1. The number of carbonyl (C=O) groups excluding carboxylic acids is 1. The van der Waals surface area contributed by atoms with Crippen molar-refractivity contribution in [2.24, 2.45) is 0 Å². The van der Waals surface area contributed by atoms with Crippen LogP contribution < -0.4 is 10.6 Å². The summed E-state index contributed by atoms with van der Waals surface area (Å²) in [5, 5.41) is 6.94. The SMILES string of the molecule is O=C(NC(=S)Nc1c(Cl)cc(Cl)cc1-c1nc2ccccc2s1)c1cccc(F)c1. The van der Waals surface area contributed by atoms with Crippen molar-refractivity contribution in [1.82, 2.24) is 10.3 Å². The van der Waals surface area contributed by atoms with Crippen LogP contribution in [0.25, 0.3) is 20.8 Å².